The topological polar surface area (TPSA) is 15.3 Å². The third-order valence-corrected chi connectivity index (χ3v) is 4.87. The number of nitrogens with one attached hydrogen (secondary N) is 1. The van der Waals surface area contributed by atoms with Gasteiger partial charge in [-0.15, -0.1) is 0 Å². The van der Waals surface area contributed by atoms with E-state index in [2.05, 4.69) is 35.3 Å². The van der Waals surface area contributed by atoms with Crippen LogP contribution in [0.3, 0.4) is 0 Å². The number of rotatable bonds is 4. The summed E-state index contributed by atoms with van der Waals surface area (Å²) in [6.45, 7) is 4.37. The molecule has 2 nitrogen and oxygen atoms in total. The molecule has 0 amide bonds. The van der Waals surface area contributed by atoms with Crippen molar-refractivity contribution in [2.24, 2.45) is 0 Å². The van der Waals surface area contributed by atoms with Gasteiger partial charge in [-0.3, -0.25) is 4.90 Å². The standard InChI is InChI=1S/C16H23ClN2/c1-2-18-14-9-15-6-7-16(10-14)19(15)11-12-4-3-5-13(17)8-12/h3-5,8,14-16,18H,2,6-7,9-11H2,1H3. The number of hydrogen-bond donors (Lipinski definition) is 1. The van der Waals surface area contributed by atoms with E-state index in [1.54, 1.807) is 0 Å². The second-order valence-corrected chi connectivity index (χ2v) is 6.35. The van der Waals surface area contributed by atoms with Crippen molar-refractivity contribution in [2.75, 3.05) is 6.54 Å². The Kier molecular flexibility index (Phi) is 4.11. The van der Waals surface area contributed by atoms with Crippen LogP contribution in [-0.4, -0.2) is 29.6 Å². The lowest BCUT2D eigenvalue weighted by atomic mass is 9.96. The second kappa shape index (κ2) is 5.82. The number of nitrogens with zero attached hydrogens (tertiary/aromatic N) is 1. The molecule has 0 aromatic heterocycles. The first kappa shape index (κ1) is 13.4. The number of benzene rings is 1. The van der Waals surface area contributed by atoms with Crippen LogP contribution in [0.4, 0.5) is 0 Å². The molecule has 1 aromatic rings. The Hall–Kier alpha value is -0.570. The first-order valence-electron chi connectivity index (χ1n) is 7.50. The molecule has 2 bridgehead atoms. The Morgan fingerprint density at radius 1 is 1.26 bits per heavy atom. The zero-order valence-corrected chi connectivity index (χ0v) is 12.4. The molecule has 2 atom stereocenters. The highest BCUT2D eigenvalue weighted by molar-refractivity contribution is 6.30. The van der Waals surface area contributed by atoms with Gasteiger partial charge in [0.25, 0.3) is 0 Å². The van der Waals surface area contributed by atoms with Gasteiger partial charge in [-0.1, -0.05) is 30.7 Å². The lowest BCUT2D eigenvalue weighted by molar-refractivity contribution is 0.110. The van der Waals surface area contributed by atoms with Crippen LogP contribution in [0, 0.1) is 0 Å². The van der Waals surface area contributed by atoms with Crippen LogP contribution in [0.2, 0.25) is 5.02 Å². The first-order valence-corrected chi connectivity index (χ1v) is 7.87. The van der Waals surface area contributed by atoms with Crippen molar-refractivity contribution in [3.05, 3.63) is 34.9 Å². The van der Waals surface area contributed by atoms with Gasteiger partial charge in [0, 0.05) is 29.7 Å². The van der Waals surface area contributed by atoms with Crippen molar-refractivity contribution in [3.8, 4) is 0 Å². The molecule has 2 unspecified atom stereocenters. The number of piperidine rings is 1. The van der Waals surface area contributed by atoms with E-state index in [-0.39, 0.29) is 0 Å². The molecule has 2 aliphatic heterocycles. The van der Waals surface area contributed by atoms with Gasteiger partial charge in [-0.05, 0) is 49.9 Å². The Bertz CT molecular complexity index is 421. The van der Waals surface area contributed by atoms with Crippen LogP contribution in [-0.2, 0) is 6.54 Å². The van der Waals surface area contributed by atoms with E-state index >= 15 is 0 Å². The lowest BCUT2D eigenvalue weighted by Crippen LogP contribution is -2.48. The Morgan fingerprint density at radius 3 is 2.63 bits per heavy atom. The van der Waals surface area contributed by atoms with Crippen LogP contribution in [0.5, 0.6) is 0 Å². The Balaban J connectivity index is 1.67. The van der Waals surface area contributed by atoms with E-state index < -0.39 is 0 Å². The van der Waals surface area contributed by atoms with Crippen LogP contribution < -0.4 is 5.32 Å². The van der Waals surface area contributed by atoms with Gasteiger partial charge in [-0.25, -0.2) is 0 Å². The maximum Gasteiger partial charge on any atom is 0.0409 e. The normalized spacial score (nSPS) is 30.7. The zero-order chi connectivity index (χ0) is 13.2. The fourth-order valence-corrected chi connectivity index (χ4v) is 4.05. The predicted molar refractivity (Wildman–Crippen MR) is 80.5 cm³/mol. The average molecular weight is 279 g/mol. The Labute approximate surface area is 121 Å². The van der Waals surface area contributed by atoms with E-state index in [9.17, 15) is 0 Å². The first-order chi connectivity index (χ1) is 9.26. The second-order valence-electron chi connectivity index (χ2n) is 5.91. The highest BCUT2D eigenvalue weighted by Crippen LogP contribution is 2.36. The Morgan fingerprint density at radius 2 is 2.00 bits per heavy atom. The molecule has 1 N–H and O–H groups in total. The molecule has 1 aromatic carbocycles. The summed E-state index contributed by atoms with van der Waals surface area (Å²) < 4.78 is 0. The van der Waals surface area contributed by atoms with Crippen molar-refractivity contribution in [1.29, 1.82) is 0 Å². The van der Waals surface area contributed by atoms with Crippen molar-refractivity contribution >= 4 is 11.6 Å². The molecule has 2 aliphatic rings. The quantitative estimate of drug-likeness (QED) is 0.908. The summed E-state index contributed by atoms with van der Waals surface area (Å²) >= 11 is 6.09. The monoisotopic (exact) mass is 278 g/mol. The van der Waals surface area contributed by atoms with Gasteiger partial charge in [0.05, 0.1) is 0 Å². The smallest absolute Gasteiger partial charge is 0.0409 e. The van der Waals surface area contributed by atoms with Crippen molar-refractivity contribution in [1.82, 2.24) is 10.2 Å². The van der Waals surface area contributed by atoms with Crippen molar-refractivity contribution in [2.45, 2.75) is 57.3 Å². The molecule has 0 radical (unpaired) electrons. The van der Waals surface area contributed by atoms with E-state index in [0.717, 1.165) is 36.2 Å². The molecule has 3 heteroatoms. The van der Waals surface area contributed by atoms with Crippen LogP contribution in [0.1, 0.15) is 38.2 Å². The minimum absolute atomic E-state index is 0.734. The maximum atomic E-state index is 6.09. The predicted octanol–water partition coefficient (Wildman–Crippen LogP) is 3.44. The van der Waals surface area contributed by atoms with Gasteiger partial charge in [0.1, 0.15) is 0 Å². The minimum atomic E-state index is 0.734. The third kappa shape index (κ3) is 2.96. The molecular formula is C16H23ClN2. The molecular weight excluding hydrogens is 256 g/mol. The number of hydrogen-bond acceptors (Lipinski definition) is 2. The van der Waals surface area contributed by atoms with Gasteiger partial charge in [0.2, 0.25) is 0 Å². The largest absolute Gasteiger partial charge is 0.314 e. The fourth-order valence-electron chi connectivity index (χ4n) is 3.83. The van der Waals surface area contributed by atoms with Gasteiger partial charge < -0.3 is 5.32 Å². The fraction of sp³-hybridized carbons (Fsp3) is 0.625. The molecule has 0 spiro atoms. The number of fused-ring (bicyclic) bond motifs is 2. The molecule has 2 saturated heterocycles. The van der Waals surface area contributed by atoms with E-state index in [4.69, 9.17) is 11.6 Å². The van der Waals surface area contributed by atoms with Crippen molar-refractivity contribution in [3.63, 3.8) is 0 Å². The van der Waals surface area contributed by atoms with Crippen LogP contribution in [0.25, 0.3) is 0 Å². The summed E-state index contributed by atoms with van der Waals surface area (Å²) in [5.74, 6) is 0. The highest BCUT2D eigenvalue weighted by atomic mass is 35.5. The summed E-state index contributed by atoms with van der Waals surface area (Å²) in [5.41, 5.74) is 1.35. The van der Waals surface area contributed by atoms with E-state index in [1.165, 1.54) is 31.2 Å². The van der Waals surface area contributed by atoms with Crippen LogP contribution >= 0.6 is 11.6 Å². The zero-order valence-electron chi connectivity index (χ0n) is 11.6. The number of halogens is 1. The van der Waals surface area contributed by atoms with E-state index in [0.29, 0.717) is 0 Å². The third-order valence-electron chi connectivity index (χ3n) is 4.63. The molecule has 2 fully saturated rings. The minimum Gasteiger partial charge on any atom is -0.314 e. The SMILES string of the molecule is CCNC1CC2CCC(C1)N2Cc1cccc(Cl)c1. The lowest BCUT2D eigenvalue weighted by Gasteiger charge is -2.39. The molecule has 104 valence electrons. The summed E-state index contributed by atoms with van der Waals surface area (Å²) in [7, 11) is 0. The molecule has 0 aliphatic carbocycles. The van der Waals surface area contributed by atoms with Crippen LogP contribution in [0.15, 0.2) is 24.3 Å². The average Bonchev–Trinajstić information content (AvgIpc) is 2.62. The van der Waals surface area contributed by atoms with Gasteiger partial charge >= 0.3 is 0 Å². The summed E-state index contributed by atoms with van der Waals surface area (Å²) in [6.07, 6.45) is 5.36. The maximum absolute atomic E-state index is 6.09. The van der Waals surface area contributed by atoms with E-state index in [1.807, 2.05) is 6.07 Å². The molecule has 19 heavy (non-hydrogen) atoms. The highest BCUT2D eigenvalue weighted by Gasteiger charge is 2.40. The molecule has 2 heterocycles. The molecule has 3 rings (SSSR count). The summed E-state index contributed by atoms with van der Waals surface area (Å²) in [5, 5.41) is 4.49. The molecule has 0 saturated carbocycles. The van der Waals surface area contributed by atoms with Crippen molar-refractivity contribution < 1.29 is 0 Å². The summed E-state index contributed by atoms with van der Waals surface area (Å²) in [6, 6.07) is 10.6. The van der Waals surface area contributed by atoms with Gasteiger partial charge in [-0.2, -0.15) is 0 Å². The summed E-state index contributed by atoms with van der Waals surface area (Å²) in [4.78, 5) is 2.71. The van der Waals surface area contributed by atoms with Gasteiger partial charge in [0.15, 0.2) is 0 Å².